The lowest BCUT2D eigenvalue weighted by Gasteiger charge is -2.49. The number of rotatable bonds is 1. The summed E-state index contributed by atoms with van der Waals surface area (Å²) in [5, 5.41) is 1.14. The van der Waals surface area contributed by atoms with Crippen molar-refractivity contribution in [2.45, 2.75) is 38.0 Å². The van der Waals surface area contributed by atoms with E-state index in [0.29, 0.717) is 0 Å². The zero-order valence-corrected chi connectivity index (χ0v) is 15.0. The van der Waals surface area contributed by atoms with Crippen molar-refractivity contribution in [2.24, 2.45) is 11.3 Å². The number of nitrogens with one attached hydrogen (secondary N) is 1. The predicted molar refractivity (Wildman–Crippen MR) is 101 cm³/mol. The van der Waals surface area contributed by atoms with Gasteiger partial charge in [0, 0.05) is 27.9 Å². The monoisotopic (exact) mass is 336 g/mol. The Morgan fingerprint density at radius 1 is 1.38 bits per heavy atom. The van der Waals surface area contributed by atoms with E-state index in [1.807, 2.05) is 13.0 Å². The molecule has 2 aliphatic carbocycles. The Balaban J connectivity index is 2.18. The number of hydrogen-bond acceptors (Lipinski definition) is 0. The third-order valence-electron chi connectivity index (χ3n) is 6.30. The SMILES string of the molecule is [C-]#[N+]C1=C2c3c[nH]c4cccc(c34)C(C)(C)[C@H]2C[C@@H](Cl)[C@]1(C)C=C. The fourth-order valence-corrected chi connectivity index (χ4v) is 5.04. The third-order valence-corrected chi connectivity index (χ3v) is 6.94. The number of benzene rings is 1. The van der Waals surface area contributed by atoms with Crippen LogP contribution in [0.1, 0.15) is 38.3 Å². The first-order chi connectivity index (χ1) is 11.4. The van der Waals surface area contributed by atoms with Crippen LogP contribution in [0.4, 0.5) is 0 Å². The number of H-pyrrole nitrogens is 1. The standard InChI is InChI=1S/C21H21ClN2/c1-6-21(4)16(22)10-14-18(19(21)23-5)12-11-24-15-9-7-8-13(17(12)15)20(14,2)3/h6-9,11,14,16,24H,1,10H2,2-4H3/t14-,16+,21-/m0/s1. The minimum atomic E-state index is -0.485. The van der Waals surface area contributed by atoms with E-state index in [2.05, 4.69) is 54.7 Å². The lowest BCUT2D eigenvalue weighted by atomic mass is 9.57. The fourth-order valence-electron chi connectivity index (χ4n) is 4.67. The van der Waals surface area contributed by atoms with E-state index in [4.69, 9.17) is 18.2 Å². The Hall–Kier alpha value is -1.98. The van der Waals surface area contributed by atoms with Crippen LogP contribution < -0.4 is 0 Å². The Morgan fingerprint density at radius 3 is 2.79 bits per heavy atom. The molecular formula is C21H21ClN2. The van der Waals surface area contributed by atoms with Crippen molar-refractivity contribution >= 4 is 28.1 Å². The molecule has 4 rings (SSSR count). The van der Waals surface area contributed by atoms with E-state index >= 15 is 0 Å². The largest absolute Gasteiger partial charge is 0.361 e. The zero-order valence-electron chi connectivity index (χ0n) is 14.3. The number of allylic oxidation sites excluding steroid dienone is 2. The molecule has 24 heavy (non-hydrogen) atoms. The summed E-state index contributed by atoms with van der Waals surface area (Å²) < 4.78 is 0. The second-order valence-electron chi connectivity index (χ2n) is 7.77. The number of nitrogens with zero attached hydrogens (tertiary/aromatic N) is 1. The molecule has 1 N–H and O–H groups in total. The maximum atomic E-state index is 7.88. The van der Waals surface area contributed by atoms with Gasteiger partial charge in [-0.3, -0.25) is 0 Å². The van der Waals surface area contributed by atoms with Crippen molar-refractivity contribution in [1.82, 2.24) is 4.98 Å². The molecule has 2 nitrogen and oxygen atoms in total. The summed E-state index contributed by atoms with van der Waals surface area (Å²) in [6, 6.07) is 6.44. The summed E-state index contributed by atoms with van der Waals surface area (Å²) in [6.07, 6.45) is 4.78. The van der Waals surface area contributed by atoms with Crippen molar-refractivity contribution in [1.29, 1.82) is 0 Å². The van der Waals surface area contributed by atoms with E-state index in [1.54, 1.807) is 0 Å². The molecule has 0 bridgehead atoms. The number of aromatic nitrogens is 1. The molecule has 0 fully saturated rings. The second kappa shape index (κ2) is 4.77. The Morgan fingerprint density at radius 2 is 2.12 bits per heavy atom. The van der Waals surface area contributed by atoms with E-state index in [9.17, 15) is 0 Å². The average molecular weight is 337 g/mol. The smallest absolute Gasteiger partial charge is 0.180 e. The molecule has 3 heteroatoms. The van der Waals surface area contributed by atoms with Crippen LogP contribution in [0.25, 0.3) is 21.3 Å². The number of hydrogen-bond donors (Lipinski definition) is 1. The Kier molecular flexibility index (Phi) is 3.09. The molecule has 1 heterocycles. The van der Waals surface area contributed by atoms with E-state index in [0.717, 1.165) is 17.6 Å². The van der Waals surface area contributed by atoms with Gasteiger partial charge in [0.25, 0.3) is 0 Å². The Labute approximate surface area is 148 Å². The molecule has 0 amide bonds. The molecule has 0 radical (unpaired) electrons. The summed E-state index contributed by atoms with van der Waals surface area (Å²) in [5.74, 6) is 0.242. The zero-order chi connectivity index (χ0) is 17.3. The minimum Gasteiger partial charge on any atom is -0.361 e. The molecule has 1 aromatic heterocycles. The summed E-state index contributed by atoms with van der Waals surface area (Å²) >= 11 is 6.79. The van der Waals surface area contributed by atoms with Crippen molar-refractivity contribution in [3.05, 3.63) is 65.3 Å². The van der Waals surface area contributed by atoms with Gasteiger partial charge in [-0.25, -0.2) is 4.85 Å². The van der Waals surface area contributed by atoms with E-state index < -0.39 is 5.41 Å². The summed E-state index contributed by atoms with van der Waals surface area (Å²) in [5.41, 5.74) is 5.04. The molecule has 3 atom stereocenters. The van der Waals surface area contributed by atoms with Gasteiger partial charge in [-0.05, 0) is 40.5 Å². The second-order valence-corrected chi connectivity index (χ2v) is 8.30. The van der Waals surface area contributed by atoms with Gasteiger partial charge < -0.3 is 4.98 Å². The van der Waals surface area contributed by atoms with Gasteiger partial charge in [0.1, 0.15) is 0 Å². The van der Waals surface area contributed by atoms with Crippen LogP contribution in [0.15, 0.2) is 42.7 Å². The summed E-state index contributed by atoms with van der Waals surface area (Å²) in [6.45, 7) is 18.5. The first-order valence-corrected chi connectivity index (χ1v) is 8.80. The normalized spacial score (nSPS) is 30.8. The number of alkyl halides is 1. The number of fused-ring (bicyclic) bond motifs is 2. The average Bonchev–Trinajstić information content (AvgIpc) is 2.99. The highest BCUT2D eigenvalue weighted by Crippen LogP contribution is 2.59. The first-order valence-electron chi connectivity index (χ1n) is 8.37. The maximum absolute atomic E-state index is 7.88. The first kappa shape index (κ1) is 15.5. The molecule has 0 aliphatic heterocycles. The van der Waals surface area contributed by atoms with E-state index in [-0.39, 0.29) is 16.7 Å². The molecule has 0 unspecified atom stereocenters. The van der Waals surface area contributed by atoms with Gasteiger partial charge in [-0.1, -0.05) is 39.0 Å². The molecule has 0 saturated carbocycles. The van der Waals surface area contributed by atoms with Gasteiger partial charge in [0.05, 0.1) is 6.57 Å². The lowest BCUT2D eigenvalue weighted by Crippen LogP contribution is -2.43. The molecule has 0 spiro atoms. The van der Waals surface area contributed by atoms with Crippen molar-refractivity contribution in [2.75, 3.05) is 0 Å². The molecule has 122 valence electrons. The third kappa shape index (κ3) is 1.66. The minimum absolute atomic E-state index is 0.0599. The quantitative estimate of drug-likeness (QED) is 0.379. The molecule has 1 aromatic carbocycles. The van der Waals surface area contributed by atoms with Crippen LogP contribution in [-0.4, -0.2) is 10.4 Å². The van der Waals surface area contributed by atoms with Gasteiger partial charge in [0.15, 0.2) is 5.70 Å². The number of halogens is 1. The van der Waals surface area contributed by atoms with Gasteiger partial charge >= 0.3 is 0 Å². The molecular weight excluding hydrogens is 316 g/mol. The van der Waals surface area contributed by atoms with Crippen molar-refractivity contribution in [3.63, 3.8) is 0 Å². The number of aromatic amines is 1. The van der Waals surface area contributed by atoms with Gasteiger partial charge in [0.2, 0.25) is 0 Å². The van der Waals surface area contributed by atoms with Gasteiger partial charge in [-0.2, -0.15) is 0 Å². The van der Waals surface area contributed by atoms with Crippen LogP contribution in [0.5, 0.6) is 0 Å². The molecule has 2 aliphatic rings. The van der Waals surface area contributed by atoms with Crippen LogP contribution >= 0.6 is 11.6 Å². The van der Waals surface area contributed by atoms with E-state index in [1.165, 1.54) is 22.1 Å². The molecule has 0 saturated heterocycles. The highest BCUT2D eigenvalue weighted by atomic mass is 35.5. The highest BCUT2D eigenvalue weighted by molar-refractivity contribution is 6.22. The maximum Gasteiger partial charge on any atom is 0.180 e. The summed E-state index contributed by atoms with van der Waals surface area (Å²) in [7, 11) is 0. The highest BCUT2D eigenvalue weighted by Gasteiger charge is 2.51. The van der Waals surface area contributed by atoms with Crippen LogP contribution in [0.2, 0.25) is 0 Å². The lowest BCUT2D eigenvalue weighted by molar-refractivity contribution is 0.307. The van der Waals surface area contributed by atoms with Crippen molar-refractivity contribution in [3.8, 4) is 0 Å². The molecule has 2 aromatic rings. The van der Waals surface area contributed by atoms with Crippen molar-refractivity contribution < 1.29 is 0 Å². The fraction of sp³-hybridized carbons (Fsp3) is 0.381. The van der Waals surface area contributed by atoms with Crippen LogP contribution in [0, 0.1) is 17.9 Å². The van der Waals surface area contributed by atoms with Crippen LogP contribution in [0.3, 0.4) is 0 Å². The Bertz CT molecular complexity index is 940. The predicted octanol–water partition coefficient (Wildman–Crippen LogP) is 5.91. The topological polar surface area (TPSA) is 20.1 Å². The van der Waals surface area contributed by atoms with Gasteiger partial charge in [-0.15, -0.1) is 18.2 Å². The summed E-state index contributed by atoms with van der Waals surface area (Å²) in [4.78, 5) is 7.37. The van der Waals surface area contributed by atoms with Crippen LogP contribution in [-0.2, 0) is 5.41 Å².